The Bertz CT molecular complexity index is 938. The summed E-state index contributed by atoms with van der Waals surface area (Å²) in [4.78, 5) is 13.4. The zero-order chi connectivity index (χ0) is 23.4. The van der Waals surface area contributed by atoms with E-state index in [1.54, 1.807) is 10.9 Å². The number of ketones is 1. The summed E-state index contributed by atoms with van der Waals surface area (Å²) in [6.45, 7) is 5.08. The maximum absolute atomic E-state index is 13.4. The van der Waals surface area contributed by atoms with Gasteiger partial charge in [0.25, 0.3) is 0 Å². The van der Waals surface area contributed by atoms with E-state index < -0.39 is 11.2 Å². The average Bonchev–Trinajstić information content (AvgIpc) is 3.37. The van der Waals surface area contributed by atoms with Crippen LogP contribution >= 0.6 is 0 Å². The lowest BCUT2D eigenvalue weighted by Crippen LogP contribution is -2.57. The Labute approximate surface area is 201 Å². The van der Waals surface area contributed by atoms with Gasteiger partial charge in [-0.05, 0) is 92.8 Å². The van der Waals surface area contributed by atoms with E-state index in [2.05, 4.69) is 25.0 Å². The smallest absolute Gasteiger partial charge is 0.157 e. The second-order valence-electron chi connectivity index (χ2n) is 12.2. The number of aromatic nitrogens is 2. The van der Waals surface area contributed by atoms with Crippen molar-refractivity contribution in [3.8, 4) is 6.07 Å². The summed E-state index contributed by atoms with van der Waals surface area (Å²) in [5.74, 6) is 4.79. The van der Waals surface area contributed by atoms with E-state index in [4.69, 9.17) is 5.26 Å². The van der Waals surface area contributed by atoms with Gasteiger partial charge in [0.2, 0.25) is 0 Å². The molecule has 6 heteroatoms. The van der Waals surface area contributed by atoms with Crippen LogP contribution in [0.15, 0.2) is 12.4 Å². The van der Waals surface area contributed by atoms with Gasteiger partial charge >= 0.3 is 0 Å². The molecule has 0 saturated heterocycles. The van der Waals surface area contributed by atoms with E-state index in [0.717, 1.165) is 36.9 Å². The molecule has 1 aromatic rings. The van der Waals surface area contributed by atoms with Gasteiger partial charge in [0, 0.05) is 17.5 Å². The number of fused-ring (bicyclic) bond motifs is 5. The Morgan fingerprint density at radius 2 is 2.06 bits per heavy atom. The van der Waals surface area contributed by atoms with Crippen molar-refractivity contribution >= 4 is 17.0 Å². The predicted octanol–water partition coefficient (Wildman–Crippen LogP) is 4.98. The summed E-state index contributed by atoms with van der Waals surface area (Å²) >= 11 is -0.756. The normalized spacial score (nSPS) is 43.1. The molecule has 1 aromatic heterocycles. The van der Waals surface area contributed by atoms with Crippen LogP contribution in [-0.2, 0) is 22.5 Å². The molecule has 0 aromatic carbocycles. The largest absolute Gasteiger partial charge is 0.617 e. The minimum atomic E-state index is -0.756. The molecule has 0 radical (unpaired) electrons. The molecular weight excluding hydrogens is 430 g/mol. The van der Waals surface area contributed by atoms with Crippen molar-refractivity contribution in [1.29, 1.82) is 5.26 Å². The summed E-state index contributed by atoms with van der Waals surface area (Å²) in [6.07, 6.45) is 16.1. The lowest BCUT2D eigenvalue weighted by Gasteiger charge is -2.61. The van der Waals surface area contributed by atoms with Gasteiger partial charge in [0.05, 0.1) is 24.6 Å². The number of carbonyl (C=O) groups excluding carboxylic acids is 1. The molecule has 1 heterocycles. The highest BCUT2D eigenvalue weighted by atomic mass is 32.2. The van der Waals surface area contributed by atoms with Crippen molar-refractivity contribution < 1.29 is 9.35 Å². The summed E-state index contributed by atoms with van der Waals surface area (Å²) in [7, 11) is 0. The third-order valence-corrected chi connectivity index (χ3v) is 11.5. The third kappa shape index (κ3) is 3.88. The molecule has 4 aliphatic carbocycles. The van der Waals surface area contributed by atoms with Crippen LogP contribution in [0.5, 0.6) is 0 Å². The quantitative estimate of drug-likeness (QED) is 0.570. The molecular formula is C27H39N3O2S. The minimum absolute atomic E-state index is 0.0742. The standard InChI is InChI=1S/C27H39N3O2S/c1-18-8-11-27(17-33(3)32)20(12-18)4-5-21-22-6-7-24(26(22,2)10-9-23(21)27)25(31)16-30-15-19(13-28)14-29-30/h14-15,18,20-24H,4-12,16-17H2,1-3H3. The molecule has 180 valence electrons. The van der Waals surface area contributed by atoms with E-state index in [9.17, 15) is 9.35 Å². The number of hydrogen-bond acceptors (Lipinski definition) is 4. The van der Waals surface area contributed by atoms with Crippen LogP contribution in [0.2, 0.25) is 0 Å². The zero-order valence-corrected chi connectivity index (χ0v) is 21.3. The Kier molecular flexibility index (Phi) is 6.19. The fourth-order valence-corrected chi connectivity index (χ4v) is 10.6. The first-order valence-corrected chi connectivity index (χ1v) is 14.7. The van der Waals surface area contributed by atoms with Crippen LogP contribution in [0.3, 0.4) is 0 Å². The molecule has 0 spiro atoms. The summed E-state index contributed by atoms with van der Waals surface area (Å²) < 4.78 is 14.2. The van der Waals surface area contributed by atoms with E-state index in [0.29, 0.717) is 23.3 Å². The Morgan fingerprint density at radius 1 is 1.24 bits per heavy atom. The molecule has 4 aliphatic rings. The van der Waals surface area contributed by atoms with Gasteiger partial charge in [-0.2, -0.15) is 10.4 Å². The predicted molar refractivity (Wildman–Crippen MR) is 130 cm³/mol. The highest BCUT2D eigenvalue weighted by Crippen LogP contribution is 2.68. The molecule has 9 atom stereocenters. The van der Waals surface area contributed by atoms with Crippen molar-refractivity contribution in [1.82, 2.24) is 9.78 Å². The van der Waals surface area contributed by atoms with Gasteiger partial charge in [-0.25, -0.2) is 0 Å². The van der Waals surface area contributed by atoms with Crippen molar-refractivity contribution in [3.63, 3.8) is 0 Å². The van der Waals surface area contributed by atoms with E-state index in [1.165, 1.54) is 44.7 Å². The summed E-state index contributed by atoms with van der Waals surface area (Å²) in [6, 6.07) is 2.10. The highest BCUT2D eigenvalue weighted by molar-refractivity contribution is 7.90. The van der Waals surface area contributed by atoms with Gasteiger partial charge in [-0.3, -0.25) is 9.48 Å². The second-order valence-corrected chi connectivity index (χ2v) is 13.6. The van der Waals surface area contributed by atoms with Gasteiger partial charge in [0.15, 0.2) is 5.78 Å². The second kappa shape index (κ2) is 8.72. The van der Waals surface area contributed by atoms with Crippen LogP contribution in [-0.4, -0.2) is 32.1 Å². The molecule has 33 heavy (non-hydrogen) atoms. The molecule has 0 N–H and O–H groups in total. The fourth-order valence-electron chi connectivity index (χ4n) is 9.23. The van der Waals surface area contributed by atoms with Crippen LogP contribution in [0.25, 0.3) is 0 Å². The maximum atomic E-state index is 13.4. The van der Waals surface area contributed by atoms with Gasteiger partial charge in [-0.15, -0.1) is 0 Å². The Morgan fingerprint density at radius 3 is 2.79 bits per heavy atom. The summed E-state index contributed by atoms with van der Waals surface area (Å²) in [5.41, 5.74) is 0.849. The number of hydrogen-bond donors (Lipinski definition) is 0. The first kappa shape index (κ1) is 23.4. The van der Waals surface area contributed by atoms with E-state index in [1.807, 2.05) is 6.26 Å². The van der Waals surface area contributed by atoms with Crippen molar-refractivity contribution in [2.75, 3.05) is 12.0 Å². The zero-order valence-electron chi connectivity index (χ0n) is 20.5. The molecule has 0 amide bonds. The Balaban J connectivity index is 1.37. The number of Topliss-reactive ketones (excluding diaryl/α,β-unsaturated/α-hetero) is 1. The minimum Gasteiger partial charge on any atom is -0.617 e. The number of nitriles is 1. The molecule has 0 aliphatic heterocycles. The average molecular weight is 470 g/mol. The highest BCUT2D eigenvalue weighted by Gasteiger charge is 2.63. The van der Waals surface area contributed by atoms with Crippen molar-refractivity contribution in [3.05, 3.63) is 18.0 Å². The van der Waals surface area contributed by atoms with Crippen LogP contribution in [0, 0.1) is 57.7 Å². The van der Waals surface area contributed by atoms with Crippen LogP contribution in [0.1, 0.15) is 77.2 Å². The summed E-state index contributed by atoms with van der Waals surface area (Å²) in [5, 5.41) is 13.3. The molecule has 5 rings (SSSR count). The first-order chi connectivity index (χ1) is 15.8. The van der Waals surface area contributed by atoms with E-state index >= 15 is 0 Å². The van der Waals surface area contributed by atoms with E-state index in [-0.39, 0.29) is 29.1 Å². The molecule has 5 nitrogen and oxygen atoms in total. The van der Waals surface area contributed by atoms with Crippen molar-refractivity contribution in [2.45, 2.75) is 78.2 Å². The number of rotatable bonds is 5. The van der Waals surface area contributed by atoms with Gasteiger partial charge in [0.1, 0.15) is 11.8 Å². The number of carbonyl (C=O) groups is 1. The first-order valence-electron chi connectivity index (χ1n) is 13.0. The number of nitrogens with zero attached hydrogens (tertiary/aromatic N) is 3. The molecule has 4 saturated carbocycles. The van der Waals surface area contributed by atoms with Gasteiger partial charge in [-0.1, -0.05) is 25.0 Å². The fraction of sp³-hybridized carbons (Fsp3) is 0.815. The maximum Gasteiger partial charge on any atom is 0.157 e. The molecule has 9 unspecified atom stereocenters. The lowest BCUT2D eigenvalue weighted by atomic mass is 9.44. The van der Waals surface area contributed by atoms with Crippen LogP contribution in [0.4, 0.5) is 0 Å². The molecule has 4 fully saturated rings. The SMILES string of the molecule is CC1CCC2(C[S+](C)[O-])C(CCC3C4CCC(C(=O)Cn5cc(C#N)cn5)C4(C)CCC32)C1. The van der Waals surface area contributed by atoms with Gasteiger partial charge < -0.3 is 4.55 Å². The lowest BCUT2D eigenvalue weighted by molar-refractivity contribution is -0.136. The monoisotopic (exact) mass is 469 g/mol. The van der Waals surface area contributed by atoms with Crippen LogP contribution < -0.4 is 0 Å². The van der Waals surface area contributed by atoms with Crippen molar-refractivity contribution in [2.24, 2.45) is 46.3 Å². The topological polar surface area (TPSA) is 81.7 Å². The Hall–Kier alpha value is -1.32. The molecule has 0 bridgehead atoms. The third-order valence-electron chi connectivity index (χ3n) is 10.6.